The third kappa shape index (κ3) is 3.15. The maximum atomic E-state index is 13.7. The van der Waals surface area contributed by atoms with Gasteiger partial charge in [-0.15, -0.1) is 0 Å². The van der Waals surface area contributed by atoms with E-state index in [1.54, 1.807) is 6.92 Å². The fourth-order valence-corrected chi connectivity index (χ4v) is 3.41. The van der Waals surface area contributed by atoms with E-state index in [1.807, 2.05) is 0 Å². The number of hydrogen-bond acceptors (Lipinski definition) is 2. The van der Waals surface area contributed by atoms with E-state index in [0.29, 0.717) is 11.6 Å². The smallest absolute Gasteiger partial charge is 0.207 e. The maximum absolute atomic E-state index is 13.7. The predicted octanol–water partition coefficient (Wildman–Crippen LogP) is 3.49. The van der Waals surface area contributed by atoms with E-state index in [0.717, 1.165) is 16.4 Å². The van der Waals surface area contributed by atoms with Crippen LogP contribution < -0.4 is 0 Å². The molecule has 0 amide bonds. The van der Waals surface area contributed by atoms with Gasteiger partial charge in [-0.2, -0.15) is 4.31 Å². The molecule has 0 N–H and O–H groups in total. The first-order chi connectivity index (χ1) is 10.2. The van der Waals surface area contributed by atoms with Crippen LogP contribution in [0, 0.1) is 17.5 Å². The molecular formula is C15H14F3NO2S. The zero-order valence-electron chi connectivity index (χ0n) is 11.9. The van der Waals surface area contributed by atoms with Gasteiger partial charge in [0.1, 0.15) is 22.3 Å². The third-order valence-corrected chi connectivity index (χ3v) is 5.39. The van der Waals surface area contributed by atoms with Crippen LogP contribution in [0.25, 0.3) is 0 Å². The van der Waals surface area contributed by atoms with Gasteiger partial charge in [0.25, 0.3) is 0 Å². The van der Waals surface area contributed by atoms with Crippen LogP contribution in [-0.4, -0.2) is 19.8 Å². The molecule has 0 saturated carbocycles. The van der Waals surface area contributed by atoms with Gasteiger partial charge in [-0.3, -0.25) is 0 Å². The van der Waals surface area contributed by atoms with E-state index >= 15 is 0 Å². The molecule has 0 saturated heterocycles. The van der Waals surface area contributed by atoms with Crippen molar-refractivity contribution >= 4 is 10.0 Å². The second-order valence-electron chi connectivity index (χ2n) is 4.82. The first-order valence-corrected chi connectivity index (χ1v) is 7.86. The van der Waals surface area contributed by atoms with Crippen LogP contribution in [0.1, 0.15) is 18.5 Å². The summed E-state index contributed by atoms with van der Waals surface area (Å²) in [6.45, 7) is 1.57. The number of hydrogen-bond donors (Lipinski definition) is 0. The number of nitrogens with zero attached hydrogens (tertiary/aromatic N) is 1. The molecule has 1 unspecified atom stereocenters. The van der Waals surface area contributed by atoms with Crippen molar-refractivity contribution in [2.45, 2.75) is 17.9 Å². The van der Waals surface area contributed by atoms with E-state index in [9.17, 15) is 21.6 Å². The summed E-state index contributed by atoms with van der Waals surface area (Å²) in [5, 5.41) is 0. The third-order valence-electron chi connectivity index (χ3n) is 3.45. The largest absolute Gasteiger partial charge is 0.246 e. The van der Waals surface area contributed by atoms with Gasteiger partial charge in [-0.25, -0.2) is 21.6 Å². The number of sulfonamides is 1. The molecule has 0 fully saturated rings. The standard InChI is InChI=1S/C15H14F3NO2S/c1-10(11-3-5-12(16)6-4-11)19(2)22(20,21)15-9-13(17)7-8-14(15)18/h3-10H,1-2H3. The fourth-order valence-electron chi connectivity index (χ4n) is 1.99. The Bertz CT molecular complexity index is 776. The molecule has 0 radical (unpaired) electrons. The zero-order valence-corrected chi connectivity index (χ0v) is 12.7. The predicted molar refractivity (Wildman–Crippen MR) is 76.1 cm³/mol. The molecule has 2 aromatic carbocycles. The molecule has 0 spiro atoms. The highest BCUT2D eigenvalue weighted by molar-refractivity contribution is 7.89. The summed E-state index contributed by atoms with van der Waals surface area (Å²) in [4.78, 5) is -0.732. The van der Waals surface area contributed by atoms with Gasteiger partial charge in [-0.05, 0) is 42.8 Å². The Morgan fingerprint density at radius 2 is 1.50 bits per heavy atom. The van der Waals surface area contributed by atoms with Gasteiger partial charge in [-0.1, -0.05) is 12.1 Å². The summed E-state index contributed by atoms with van der Waals surface area (Å²) in [6, 6.07) is 6.86. The Labute approximate surface area is 127 Å². The first-order valence-electron chi connectivity index (χ1n) is 6.42. The van der Waals surface area contributed by atoms with Crippen LogP contribution in [0.2, 0.25) is 0 Å². The molecule has 2 rings (SSSR count). The molecule has 118 valence electrons. The summed E-state index contributed by atoms with van der Waals surface area (Å²) < 4.78 is 65.6. The average Bonchev–Trinajstić information content (AvgIpc) is 2.48. The minimum absolute atomic E-state index is 0.447. The summed E-state index contributed by atoms with van der Waals surface area (Å²) >= 11 is 0. The van der Waals surface area contributed by atoms with Crippen molar-refractivity contribution < 1.29 is 21.6 Å². The molecule has 0 bridgehead atoms. The molecule has 1 atom stereocenters. The van der Waals surface area contributed by atoms with Crippen molar-refractivity contribution in [3.05, 3.63) is 65.5 Å². The van der Waals surface area contributed by atoms with Crippen molar-refractivity contribution in [3.8, 4) is 0 Å². The topological polar surface area (TPSA) is 37.4 Å². The van der Waals surface area contributed by atoms with E-state index in [1.165, 1.54) is 31.3 Å². The highest BCUT2D eigenvalue weighted by Crippen LogP contribution is 2.27. The van der Waals surface area contributed by atoms with Crippen molar-refractivity contribution in [1.29, 1.82) is 0 Å². The van der Waals surface area contributed by atoms with Gasteiger partial charge in [0, 0.05) is 13.1 Å². The van der Waals surface area contributed by atoms with Gasteiger partial charge in [0.05, 0.1) is 0 Å². The van der Waals surface area contributed by atoms with Crippen molar-refractivity contribution in [2.24, 2.45) is 0 Å². The van der Waals surface area contributed by atoms with Crippen LogP contribution in [0.4, 0.5) is 13.2 Å². The van der Waals surface area contributed by atoms with Crippen molar-refractivity contribution in [1.82, 2.24) is 4.31 Å². The summed E-state index contributed by atoms with van der Waals surface area (Å²) in [5.41, 5.74) is 0.532. The van der Waals surface area contributed by atoms with Crippen LogP contribution in [0.3, 0.4) is 0 Å². The lowest BCUT2D eigenvalue weighted by atomic mass is 10.1. The normalized spacial score (nSPS) is 13.4. The van der Waals surface area contributed by atoms with Crippen molar-refractivity contribution in [3.63, 3.8) is 0 Å². The lowest BCUT2D eigenvalue weighted by Crippen LogP contribution is -2.30. The van der Waals surface area contributed by atoms with Gasteiger partial charge < -0.3 is 0 Å². The lowest BCUT2D eigenvalue weighted by Gasteiger charge is -2.25. The van der Waals surface area contributed by atoms with Crippen LogP contribution in [0.15, 0.2) is 47.4 Å². The first kappa shape index (κ1) is 16.5. The number of rotatable bonds is 4. The van der Waals surface area contributed by atoms with Gasteiger partial charge >= 0.3 is 0 Å². The molecule has 22 heavy (non-hydrogen) atoms. The molecule has 0 aliphatic carbocycles. The lowest BCUT2D eigenvalue weighted by molar-refractivity contribution is 0.394. The van der Waals surface area contributed by atoms with E-state index in [2.05, 4.69) is 0 Å². The molecule has 2 aromatic rings. The SMILES string of the molecule is CC(c1ccc(F)cc1)N(C)S(=O)(=O)c1cc(F)ccc1F. The van der Waals surface area contributed by atoms with E-state index < -0.39 is 38.4 Å². The van der Waals surface area contributed by atoms with Gasteiger partial charge in [0.15, 0.2) is 0 Å². The highest BCUT2D eigenvalue weighted by Gasteiger charge is 2.29. The summed E-state index contributed by atoms with van der Waals surface area (Å²) in [6.07, 6.45) is 0. The Kier molecular flexibility index (Phi) is 4.58. The molecule has 0 aromatic heterocycles. The quantitative estimate of drug-likeness (QED) is 0.861. The van der Waals surface area contributed by atoms with E-state index in [-0.39, 0.29) is 0 Å². The molecule has 0 aliphatic heterocycles. The summed E-state index contributed by atoms with van der Waals surface area (Å²) in [5.74, 6) is -2.32. The molecule has 7 heteroatoms. The van der Waals surface area contributed by atoms with Crippen LogP contribution >= 0.6 is 0 Å². The minimum Gasteiger partial charge on any atom is -0.207 e. The summed E-state index contributed by atoms with van der Waals surface area (Å²) in [7, 11) is -2.97. The fraction of sp³-hybridized carbons (Fsp3) is 0.200. The molecule has 0 heterocycles. The maximum Gasteiger partial charge on any atom is 0.246 e. The second-order valence-corrected chi connectivity index (χ2v) is 6.79. The Hall–Kier alpha value is -1.86. The monoisotopic (exact) mass is 329 g/mol. The molecule has 3 nitrogen and oxygen atoms in total. The highest BCUT2D eigenvalue weighted by atomic mass is 32.2. The second kappa shape index (κ2) is 6.10. The molecular weight excluding hydrogens is 315 g/mol. The Balaban J connectivity index is 2.40. The number of halogens is 3. The van der Waals surface area contributed by atoms with Crippen molar-refractivity contribution in [2.75, 3.05) is 7.05 Å². The minimum atomic E-state index is -4.23. The van der Waals surface area contributed by atoms with E-state index in [4.69, 9.17) is 0 Å². The van der Waals surface area contributed by atoms with Crippen LogP contribution in [-0.2, 0) is 10.0 Å². The molecule has 0 aliphatic rings. The zero-order chi connectivity index (χ0) is 16.5. The van der Waals surface area contributed by atoms with Crippen LogP contribution in [0.5, 0.6) is 0 Å². The number of benzene rings is 2. The average molecular weight is 329 g/mol. The Morgan fingerprint density at radius 1 is 0.955 bits per heavy atom. The van der Waals surface area contributed by atoms with Gasteiger partial charge in [0.2, 0.25) is 10.0 Å². The Morgan fingerprint density at radius 3 is 2.09 bits per heavy atom.